The van der Waals surface area contributed by atoms with Gasteiger partial charge in [0.05, 0.1) is 5.56 Å². The van der Waals surface area contributed by atoms with E-state index in [1.165, 1.54) is 6.20 Å². The smallest absolute Gasteiger partial charge is 0.337 e. The Morgan fingerprint density at radius 2 is 2.14 bits per heavy atom. The molecular weight excluding hydrogens is 180 g/mol. The number of aromatic nitrogens is 1. The first-order valence-corrected chi connectivity index (χ1v) is 4.69. The van der Waals surface area contributed by atoms with Gasteiger partial charge in [0, 0.05) is 12.4 Å². The van der Waals surface area contributed by atoms with Crippen LogP contribution in [0.1, 0.15) is 21.5 Å². The van der Waals surface area contributed by atoms with Crippen LogP contribution >= 0.6 is 0 Å². The molecule has 1 aromatic rings. The van der Waals surface area contributed by atoms with Crippen LogP contribution in [0.2, 0.25) is 0 Å². The number of carboxylic acid groups (broad SMARTS) is 1. The van der Waals surface area contributed by atoms with Crippen LogP contribution in [0.25, 0.3) is 0 Å². The molecule has 4 heteroatoms. The maximum atomic E-state index is 10.9. The van der Waals surface area contributed by atoms with Crippen molar-refractivity contribution in [3.8, 4) is 0 Å². The molecule has 0 saturated heterocycles. The molecule has 2 N–H and O–H groups in total. The number of nitrogens with one attached hydrogen (secondary N) is 1. The topological polar surface area (TPSA) is 62.2 Å². The summed E-state index contributed by atoms with van der Waals surface area (Å²) in [7, 11) is 0. The summed E-state index contributed by atoms with van der Waals surface area (Å²) in [4.78, 5) is 14.9. The van der Waals surface area contributed by atoms with Gasteiger partial charge in [0.25, 0.3) is 0 Å². The number of nitrogens with zero attached hydrogens (tertiary/aromatic N) is 1. The molecule has 0 radical (unpaired) electrons. The van der Waals surface area contributed by atoms with Gasteiger partial charge >= 0.3 is 5.97 Å². The normalized spacial score (nSPS) is 15.7. The Kier molecular flexibility index (Phi) is 2.45. The number of hydrogen-bond acceptors (Lipinski definition) is 3. The minimum atomic E-state index is -0.878. The van der Waals surface area contributed by atoms with E-state index < -0.39 is 5.97 Å². The Hall–Kier alpha value is -1.42. The van der Waals surface area contributed by atoms with Crippen molar-refractivity contribution in [1.82, 2.24) is 10.3 Å². The lowest BCUT2D eigenvalue weighted by Gasteiger charge is -2.07. The quantitative estimate of drug-likeness (QED) is 0.679. The average Bonchev–Trinajstić information content (AvgIpc) is 2.41. The van der Waals surface area contributed by atoms with Gasteiger partial charge in [0.15, 0.2) is 0 Å². The summed E-state index contributed by atoms with van der Waals surface area (Å²) >= 11 is 0. The third-order valence-electron chi connectivity index (χ3n) is 2.50. The second kappa shape index (κ2) is 3.75. The van der Waals surface area contributed by atoms with Crippen molar-refractivity contribution >= 4 is 5.97 Å². The van der Waals surface area contributed by atoms with E-state index in [0.717, 1.165) is 37.1 Å². The minimum absolute atomic E-state index is 0.353. The lowest BCUT2D eigenvalue weighted by atomic mass is 10.0. The summed E-state index contributed by atoms with van der Waals surface area (Å²) in [6, 6.07) is 0. The van der Waals surface area contributed by atoms with Gasteiger partial charge in [-0.3, -0.25) is 4.98 Å². The van der Waals surface area contributed by atoms with Gasteiger partial charge in [-0.15, -0.1) is 0 Å². The van der Waals surface area contributed by atoms with Crippen molar-refractivity contribution in [2.75, 3.05) is 13.1 Å². The van der Waals surface area contributed by atoms with Crippen LogP contribution in [0.5, 0.6) is 0 Å². The van der Waals surface area contributed by atoms with E-state index in [2.05, 4.69) is 10.3 Å². The van der Waals surface area contributed by atoms with E-state index in [1.807, 2.05) is 0 Å². The molecule has 0 atom stereocenters. The molecule has 1 aliphatic rings. The SMILES string of the molecule is O=C(O)c1cncc2c1CCNCC2. The third kappa shape index (κ3) is 1.61. The van der Waals surface area contributed by atoms with Gasteiger partial charge in [-0.1, -0.05) is 0 Å². The Labute approximate surface area is 82.0 Å². The van der Waals surface area contributed by atoms with E-state index in [0.29, 0.717) is 5.56 Å². The van der Waals surface area contributed by atoms with Crippen molar-refractivity contribution in [1.29, 1.82) is 0 Å². The van der Waals surface area contributed by atoms with Crippen LogP contribution < -0.4 is 5.32 Å². The summed E-state index contributed by atoms with van der Waals surface area (Å²) in [5.41, 5.74) is 2.36. The molecule has 14 heavy (non-hydrogen) atoms. The predicted molar refractivity (Wildman–Crippen MR) is 51.5 cm³/mol. The molecule has 2 rings (SSSR count). The fourth-order valence-electron chi connectivity index (χ4n) is 1.79. The minimum Gasteiger partial charge on any atom is -0.478 e. The first-order valence-electron chi connectivity index (χ1n) is 4.69. The monoisotopic (exact) mass is 192 g/mol. The molecule has 0 saturated carbocycles. The number of rotatable bonds is 1. The summed E-state index contributed by atoms with van der Waals surface area (Å²) < 4.78 is 0. The fourth-order valence-corrected chi connectivity index (χ4v) is 1.79. The molecule has 2 heterocycles. The van der Waals surface area contributed by atoms with E-state index >= 15 is 0 Å². The molecule has 0 fully saturated rings. The van der Waals surface area contributed by atoms with Crippen LogP contribution in [0.15, 0.2) is 12.4 Å². The maximum absolute atomic E-state index is 10.9. The molecule has 0 bridgehead atoms. The molecule has 1 aromatic heterocycles. The summed E-state index contributed by atoms with van der Waals surface area (Å²) in [6.07, 6.45) is 4.85. The third-order valence-corrected chi connectivity index (χ3v) is 2.50. The Morgan fingerprint density at radius 3 is 2.93 bits per heavy atom. The van der Waals surface area contributed by atoms with Gasteiger partial charge in [-0.25, -0.2) is 4.79 Å². The van der Waals surface area contributed by atoms with Crippen molar-refractivity contribution < 1.29 is 9.90 Å². The van der Waals surface area contributed by atoms with E-state index in [-0.39, 0.29) is 0 Å². The Bertz CT molecular complexity index is 363. The van der Waals surface area contributed by atoms with Gasteiger partial charge in [0.1, 0.15) is 0 Å². The van der Waals surface area contributed by atoms with Gasteiger partial charge in [0.2, 0.25) is 0 Å². The zero-order valence-electron chi connectivity index (χ0n) is 7.79. The molecule has 0 aliphatic carbocycles. The van der Waals surface area contributed by atoms with E-state index in [1.54, 1.807) is 6.20 Å². The zero-order valence-corrected chi connectivity index (χ0v) is 7.79. The largest absolute Gasteiger partial charge is 0.478 e. The number of pyridine rings is 1. The second-order valence-corrected chi connectivity index (χ2v) is 3.38. The van der Waals surface area contributed by atoms with Gasteiger partial charge < -0.3 is 10.4 Å². The van der Waals surface area contributed by atoms with Crippen LogP contribution in [-0.2, 0) is 12.8 Å². The van der Waals surface area contributed by atoms with Crippen molar-refractivity contribution in [3.05, 3.63) is 29.1 Å². The number of hydrogen-bond donors (Lipinski definition) is 2. The van der Waals surface area contributed by atoms with Crippen LogP contribution in [0.4, 0.5) is 0 Å². The highest BCUT2D eigenvalue weighted by atomic mass is 16.4. The van der Waals surface area contributed by atoms with Gasteiger partial charge in [-0.2, -0.15) is 0 Å². The fraction of sp³-hybridized carbons (Fsp3) is 0.400. The van der Waals surface area contributed by atoms with Crippen molar-refractivity contribution in [2.45, 2.75) is 12.8 Å². The molecule has 0 amide bonds. The highest BCUT2D eigenvalue weighted by molar-refractivity contribution is 5.89. The lowest BCUT2D eigenvalue weighted by molar-refractivity contribution is 0.0695. The van der Waals surface area contributed by atoms with Gasteiger partial charge in [-0.05, 0) is 37.1 Å². The first-order chi connectivity index (χ1) is 6.79. The summed E-state index contributed by atoms with van der Waals surface area (Å²) in [6.45, 7) is 1.75. The Balaban J connectivity index is 2.47. The molecular formula is C10H12N2O2. The second-order valence-electron chi connectivity index (χ2n) is 3.38. The predicted octanol–water partition coefficient (Wildman–Crippen LogP) is 0.468. The number of carbonyl (C=O) groups is 1. The van der Waals surface area contributed by atoms with E-state index in [9.17, 15) is 4.79 Å². The number of carboxylic acids is 1. The standard InChI is InChI=1S/C10H12N2O2/c13-10(14)9-6-12-5-7-1-3-11-4-2-8(7)9/h5-6,11H,1-4H2,(H,13,14). The molecule has 1 aliphatic heterocycles. The molecule has 0 unspecified atom stereocenters. The van der Waals surface area contributed by atoms with Crippen molar-refractivity contribution in [2.24, 2.45) is 0 Å². The lowest BCUT2D eigenvalue weighted by Crippen LogP contribution is -2.16. The van der Waals surface area contributed by atoms with Crippen molar-refractivity contribution in [3.63, 3.8) is 0 Å². The Morgan fingerprint density at radius 1 is 1.36 bits per heavy atom. The first kappa shape index (κ1) is 9.15. The zero-order chi connectivity index (χ0) is 9.97. The average molecular weight is 192 g/mol. The van der Waals surface area contributed by atoms with E-state index in [4.69, 9.17) is 5.11 Å². The molecule has 4 nitrogen and oxygen atoms in total. The summed E-state index contributed by atoms with van der Waals surface area (Å²) in [5, 5.41) is 12.2. The maximum Gasteiger partial charge on any atom is 0.337 e. The summed E-state index contributed by atoms with van der Waals surface area (Å²) in [5.74, 6) is -0.878. The molecule has 0 spiro atoms. The van der Waals surface area contributed by atoms with Crippen LogP contribution in [0, 0.1) is 0 Å². The number of fused-ring (bicyclic) bond motifs is 1. The molecule has 74 valence electrons. The number of aromatic carboxylic acids is 1. The highest BCUT2D eigenvalue weighted by Crippen LogP contribution is 2.16. The highest BCUT2D eigenvalue weighted by Gasteiger charge is 2.15. The molecule has 0 aromatic carbocycles. The van der Waals surface area contributed by atoms with Crippen LogP contribution in [0.3, 0.4) is 0 Å². The van der Waals surface area contributed by atoms with Crippen LogP contribution in [-0.4, -0.2) is 29.1 Å².